The van der Waals surface area contributed by atoms with Crippen molar-refractivity contribution in [2.75, 3.05) is 13.1 Å². The minimum absolute atomic E-state index is 0.0308. The summed E-state index contributed by atoms with van der Waals surface area (Å²) in [4.78, 5) is 11.3. The number of amides is 1. The van der Waals surface area contributed by atoms with Gasteiger partial charge in [-0.2, -0.15) is 5.10 Å². The molecule has 5 heteroatoms. The summed E-state index contributed by atoms with van der Waals surface area (Å²) in [6, 6.07) is 2.00. The Kier molecular flexibility index (Phi) is 4.83. The Morgan fingerprint density at radius 3 is 3.07 bits per heavy atom. The molecule has 5 nitrogen and oxygen atoms in total. The van der Waals surface area contributed by atoms with E-state index in [0.29, 0.717) is 6.54 Å². The minimum Gasteiger partial charge on any atom is -0.355 e. The first-order chi connectivity index (χ1) is 7.24. The van der Waals surface area contributed by atoms with Crippen LogP contribution in [0.3, 0.4) is 0 Å². The Bertz CT molecular complexity index is 284. The van der Waals surface area contributed by atoms with Crippen LogP contribution in [0.25, 0.3) is 0 Å². The molecule has 0 aliphatic rings. The fourth-order valence-corrected chi connectivity index (χ4v) is 1.19. The first kappa shape index (κ1) is 11.7. The Morgan fingerprint density at radius 1 is 1.67 bits per heavy atom. The standard InChI is InChI=1S/C10H18N4O/c1-3-5-11-10(15)7-12-8(2)9-4-6-13-14-9/h4,6,8,12H,3,5,7H2,1-2H3,(H,11,15)(H,13,14). The average Bonchev–Trinajstić information content (AvgIpc) is 2.76. The van der Waals surface area contributed by atoms with Crippen LogP contribution in [0, 0.1) is 0 Å². The van der Waals surface area contributed by atoms with Crippen LogP contribution in [0.4, 0.5) is 0 Å². The van der Waals surface area contributed by atoms with Crippen molar-refractivity contribution < 1.29 is 4.79 Å². The molecule has 1 atom stereocenters. The molecule has 15 heavy (non-hydrogen) atoms. The monoisotopic (exact) mass is 210 g/mol. The average molecular weight is 210 g/mol. The Balaban J connectivity index is 2.22. The van der Waals surface area contributed by atoms with Gasteiger partial charge in [-0.3, -0.25) is 9.89 Å². The van der Waals surface area contributed by atoms with Crippen LogP contribution in [0.2, 0.25) is 0 Å². The topological polar surface area (TPSA) is 69.8 Å². The molecular weight excluding hydrogens is 192 g/mol. The number of rotatable bonds is 6. The molecule has 1 aromatic rings. The third kappa shape index (κ3) is 4.12. The highest BCUT2D eigenvalue weighted by Crippen LogP contribution is 2.05. The number of aromatic amines is 1. The van der Waals surface area contributed by atoms with Crippen LogP contribution in [0.1, 0.15) is 32.0 Å². The predicted octanol–water partition coefficient (Wildman–Crippen LogP) is 0.586. The van der Waals surface area contributed by atoms with Gasteiger partial charge in [-0.15, -0.1) is 0 Å². The summed E-state index contributed by atoms with van der Waals surface area (Å²) in [6.45, 7) is 5.08. The van der Waals surface area contributed by atoms with E-state index in [9.17, 15) is 4.79 Å². The molecule has 84 valence electrons. The fraction of sp³-hybridized carbons (Fsp3) is 0.600. The predicted molar refractivity (Wildman–Crippen MR) is 58.3 cm³/mol. The Hall–Kier alpha value is -1.36. The smallest absolute Gasteiger partial charge is 0.233 e. The van der Waals surface area contributed by atoms with Crippen molar-refractivity contribution in [2.45, 2.75) is 26.3 Å². The van der Waals surface area contributed by atoms with E-state index in [1.165, 1.54) is 0 Å². The number of nitrogens with zero attached hydrogens (tertiary/aromatic N) is 1. The molecule has 0 bridgehead atoms. The lowest BCUT2D eigenvalue weighted by Gasteiger charge is -2.11. The molecule has 0 fully saturated rings. The number of aromatic nitrogens is 2. The van der Waals surface area contributed by atoms with E-state index in [1.54, 1.807) is 6.20 Å². The van der Waals surface area contributed by atoms with E-state index in [-0.39, 0.29) is 11.9 Å². The van der Waals surface area contributed by atoms with Gasteiger partial charge in [-0.05, 0) is 19.4 Å². The highest BCUT2D eigenvalue weighted by Gasteiger charge is 2.07. The molecule has 1 unspecified atom stereocenters. The maximum absolute atomic E-state index is 11.3. The first-order valence-corrected chi connectivity index (χ1v) is 5.23. The van der Waals surface area contributed by atoms with Crippen LogP contribution in [-0.2, 0) is 4.79 Å². The number of hydrogen-bond acceptors (Lipinski definition) is 3. The molecule has 3 N–H and O–H groups in total. The lowest BCUT2D eigenvalue weighted by Crippen LogP contribution is -2.35. The molecule has 1 rings (SSSR count). The van der Waals surface area contributed by atoms with Crippen LogP contribution in [0.15, 0.2) is 12.3 Å². The molecule has 0 spiro atoms. The van der Waals surface area contributed by atoms with E-state index in [2.05, 4.69) is 20.8 Å². The highest BCUT2D eigenvalue weighted by molar-refractivity contribution is 5.77. The van der Waals surface area contributed by atoms with Gasteiger partial charge in [0, 0.05) is 18.8 Å². The molecule has 1 heterocycles. The maximum atomic E-state index is 11.3. The zero-order chi connectivity index (χ0) is 11.1. The van der Waals surface area contributed by atoms with Crippen molar-refractivity contribution >= 4 is 5.91 Å². The zero-order valence-corrected chi connectivity index (χ0v) is 9.21. The van der Waals surface area contributed by atoms with Gasteiger partial charge >= 0.3 is 0 Å². The molecule has 0 aliphatic heterocycles. The summed E-state index contributed by atoms with van der Waals surface area (Å²) in [5, 5.41) is 12.6. The third-order valence-electron chi connectivity index (χ3n) is 2.13. The van der Waals surface area contributed by atoms with Crippen LogP contribution >= 0.6 is 0 Å². The summed E-state index contributed by atoms with van der Waals surface area (Å²) >= 11 is 0. The van der Waals surface area contributed by atoms with Crippen LogP contribution < -0.4 is 10.6 Å². The normalized spacial score (nSPS) is 12.4. The van der Waals surface area contributed by atoms with Crippen molar-refractivity contribution in [3.63, 3.8) is 0 Å². The number of carbonyl (C=O) groups excluding carboxylic acids is 1. The quantitative estimate of drug-likeness (QED) is 0.643. The minimum atomic E-state index is 0.0308. The SMILES string of the molecule is CCCNC(=O)CNC(C)c1ccn[nH]1. The number of nitrogens with one attached hydrogen (secondary N) is 3. The van der Waals surface area contributed by atoms with Crippen molar-refractivity contribution in [1.82, 2.24) is 20.8 Å². The molecule has 0 saturated heterocycles. The van der Waals surface area contributed by atoms with Gasteiger partial charge in [0.15, 0.2) is 0 Å². The lowest BCUT2D eigenvalue weighted by molar-refractivity contribution is -0.120. The summed E-state index contributed by atoms with van der Waals surface area (Å²) in [5.41, 5.74) is 0.985. The maximum Gasteiger partial charge on any atom is 0.233 e. The van der Waals surface area contributed by atoms with E-state index in [1.807, 2.05) is 19.9 Å². The molecule has 0 aromatic carbocycles. The van der Waals surface area contributed by atoms with Gasteiger partial charge in [-0.25, -0.2) is 0 Å². The fourth-order valence-electron chi connectivity index (χ4n) is 1.19. The second-order valence-electron chi connectivity index (χ2n) is 3.46. The molecular formula is C10H18N4O. The lowest BCUT2D eigenvalue weighted by atomic mass is 10.2. The Morgan fingerprint density at radius 2 is 2.47 bits per heavy atom. The summed E-state index contributed by atoms with van der Waals surface area (Å²) < 4.78 is 0. The van der Waals surface area contributed by atoms with E-state index in [4.69, 9.17) is 0 Å². The van der Waals surface area contributed by atoms with Crippen molar-refractivity contribution in [2.24, 2.45) is 0 Å². The van der Waals surface area contributed by atoms with Crippen LogP contribution in [0.5, 0.6) is 0 Å². The second kappa shape index (κ2) is 6.19. The van der Waals surface area contributed by atoms with Gasteiger partial charge in [0.25, 0.3) is 0 Å². The second-order valence-corrected chi connectivity index (χ2v) is 3.46. The molecule has 1 amide bonds. The summed E-state index contributed by atoms with van der Waals surface area (Å²) in [5.74, 6) is 0.0308. The number of carbonyl (C=O) groups is 1. The van der Waals surface area contributed by atoms with Gasteiger partial charge in [0.1, 0.15) is 0 Å². The molecule has 0 radical (unpaired) electrons. The van der Waals surface area contributed by atoms with Gasteiger partial charge in [0.2, 0.25) is 5.91 Å². The van der Waals surface area contributed by atoms with E-state index in [0.717, 1.165) is 18.7 Å². The number of hydrogen-bond donors (Lipinski definition) is 3. The highest BCUT2D eigenvalue weighted by atomic mass is 16.1. The van der Waals surface area contributed by atoms with Crippen molar-refractivity contribution in [3.8, 4) is 0 Å². The first-order valence-electron chi connectivity index (χ1n) is 5.23. The summed E-state index contributed by atoms with van der Waals surface area (Å²) in [7, 11) is 0. The Labute approximate surface area is 89.6 Å². The van der Waals surface area contributed by atoms with Crippen molar-refractivity contribution in [1.29, 1.82) is 0 Å². The third-order valence-corrected chi connectivity index (χ3v) is 2.13. The van der Waals surface area contributed by atoms with Crippen molar-refractivity contribution in [3.05, 3.63) is 18.0 Å². The van der Waals surface area contributed by atoms with Gasteiger partial charge < -0.3 is 10.6 Å². The summed E-state index contributed by atoms with van der Waals surface area (Å²) in [6.07, 6.45) is 2.66. The van der Waals surface area contributed by atoms with Gasteiger partial charge in [-0.1, -0.05) is 6.92 Å². The van der Waals surface area contributed by atoms with Gasteiger partial charge in [0.05, 0.1) is 12.2 Å². The molecule has 0 aliphatic carbocycles. The van der Waals surface area contributed by atoms with Crippen LogP contribution in [-0.4, -0.2) is 29.2 Å². The number of H-pyrrole nitrogens is 1. The zero-order valence-electron chi connectivity index (χ0n) is 9.21. The largest absolute Gasteiger partial charge is 0.355 e. The molecule has 1 aromatic heterocycles. The molecule has 0 saturated carbocycles. The van der Waals surface area contributed by atoms with E-state index < -0.39 is 0 Å². The van der Waals surface area contributed by atoms with E-state index >= 15 is 0 Å².